The van der Waals surface area contributed by atoms with Crippen LogP contribution in [0, 0.1) is 10.1 Å². The number of nitrogens with zero attached hydrogens (tertiary/aromatic N) is 3. The Balaban J connectivity index is 2.22. The minimum absolute atomic E-state index is 0.109. The third-order valence-electron chi connectivity index (χ3n) is 3.99. The van der Waals surface area contributed by atoms with E-state index in [0.29, 0.717) is 24.3 Å². The van der Waals surface area contributed by atoms with E-state index in [4.69, 9.17) is 0 Å². The molecule has 128 valence electrons. The average Bonchev–Trinajstić information content (AvgIpc) is 2.59. The topological polar surface area (TPSA) is 78.0 Å². The summed E-state index contributed by atoms with van der Waals surface area (Å²) in [6.07, 6.45) is 1.51. The van der Waals surface area contributed by atoms with E-state index in [1.807, 2.05) is 31.2 Å². The van der Waals surface area contributed by atoms with Crippen LogP contribution in [0.4, 0.5) is 5.69 Å². The smallest absolute Gasteiger partial charge is 0.270 e. The number of hydrogen-bond donors (Lipinski definition) is 0. The van der Waals surface area contributed by atoms with Gasteiger partial charge in [-0.3, -0.25) is 19.5 Å². The molecule has 0 fully saturated rings. The van der Waals surface area contributed by atoms with Crippen LogP contribution in [0.15, 0.2) is 51.7 Å². The molecular formula is C18H16BrN3O3. The van der Waals surface area contributed by atoms with Gasteiger partial charge in [0.05, 0.1) is 22.4 Å². The molecule has 0 aliphatic carbocycles. The zero-order valence-corrected chi connectivity index (χ0v) is 15.2. The van der Waals surface area contributed by atoms with E-state index < -0.39 is 4.92 Å². The van der Waals surface area contributed by atoms with Crippen molar-refractivity contribution in [2.75, 3.05) is 0 Å². The molecule has 0 radical (unpaired) electrons. The summed E-state index contributed by atoms with van der Waals surface area (Å²) in [4.78, 5) is 28.1. The summed E-state index contributed by atoms with van der Waals surface area (Å²) in [6, 6.07) is 11.9. The van der Waals surface area contributed by atoms with Crippen LogP contribution < -0.4 is 5.56 Å². The number of nitro benzene ring substituents is 1. The monoisotopic (exact) mass is 401 g/mol. The lowest BCUT2D eigenvalue weighted by Crippen LogP contribution is -2.26. The van der Waals surface area contributed by atoms with Crippen molar-refractivity contribution in [3.05, 3.63) is 78.8 Å². The maximum atomic E-state index is 13.0. The van der Waals surface area contributed by atoms with Crippen molar-refractivity contribution in [1.82, 2.24) is 9.55 Å². The van der Waals surface area contributed by atoms with Crippen LogP contribution in [0.2, 0.25) is 0 Å². The summed E-state index contributed by atoms with van der Waals surface area (Å²) < 4.78 is 2.51. The first-order valence-electron chi connectivity index (χ1n) is 7.92. The summed E-state index contributed by atoms with van der Waals surface area (Å²) in [5.41, 5.74) is 1.07. The van der Waals surface area contributed by atoms with Crippen LogP contribution in [0.1, 0.15) is 24.7 Å². The van der Waals surface area contributed by atoms with Crippen LogP contribution in [0.3, 0.4) is 0 Å². The molecule has 6 nitrogen and oxygen atoms in total. The molecule has 3 rings (SSSR count). The Morgan fingerprint density at radius 1 is 1.24 bits per heavy atom. The number of aryl methyl sites for hydroxylation is 1. The van der Waals surface area contributed by atoms with E-state index in [2.05, 4.69) is 20.9 Å². The highest BCUT2D eigenvalue weighted by Gasteiger charge is 2.15. The molecule has 0 amide bonds. The Morgan fingerprint density at radius 2 is 2.00 bits per heavy atom. The van der Waals surface area contributed by atoms with Crippen LogP contribution >= 0.6 is 15.9 Å². The number of fused-ring (bicyclic) bond motifs is 1. The summed E-state index contributed by atoms with van der Waals surface area (Å²) >= 11 is 3.50. The molecule has 2 aromatic carbocycles. The molecule has 0 saturated carbocycles. The fourth-order valence-electron chi connectivity index (χ4n) is 2.74. The fourth-order valence-corrected chi connectivity index (χ4v) is 3.15. The van der Waals surface area contributed by atoms with Crippen molar-refractivity contribution in [3.63, 3.8) is 0 Å². The number of halogens is 1. The van der Waals surface area contributed by atoms with Crippen molar-refractivity contribution in [2.24, 2.45) is 0 Å². The molecule has 0 N–H and O–H groups in total. The van der Waals surface area contributed by atoms with Gasteiger partial charge in [-0.15, -0.1) is 0 Å². The maximum absolute atomic E-state index is 13.0. The van der Waals surface area contributed by atoms with E-state index >= 15 is 0 Å². The Kier molecular flexibility index (Phi) is 4.94. The fraction of sp³-hybridized carbons (Fsp3) is 0.222. The molecule has 25 heavy (non-hydrogen) atoms. The third-order valence-corrected chi connectivity index (χ3v) is 4.76. The zero-order valence-electron chi connectivity index (χ0n) is 13.6. The molecule has 1 heterocycles. The van der Waals surface area contributed by atoms with Crippen molar-refractivity contribution >= 4 is 32.5 Å². The van der Waals surface area contributed by atoms with Crippen LogP contribution in [0.5, 0.6) is 0 Å². The largest absolute Gasteiger partial charge is 0.292 e. The van der Waals surface area contributed by atoms with Gasteiger partial charge in [0.1, 0.15) is 5.82 Å². The highest BCUT2D eigenvalue weighted by atomic mass is 79.9. The SMILES string of the molecule is CCCc1nc2ccc([N+](=O)[O-])cc2c(=O)n1Cc1ccccc1Br. The van der Waals surface area contributed by atoms with E-state index in [-0.39, 0.29) is 16.6 Å². The second-order valence-corrected chi connectivity index (χ2v) is 6.57. The molecule has 0 unspecified atom stereocenters. The van der Waals surface area contributed by atoms with Crippen molar-refractivity contribution < 1.29 is 4.92 Å². The van der Waals surface area contributed by atoms with Gasteiger partial charge in [0, 0.05) is 23.0 Å². The van der Waals surface area contributed by atoms with Crippen molar-refractivity contribution in [3.8, 4) is 0 Å². The average molecular weight is 402 g/mol. The molecule has 0 bridgehead atoms. The lowest BCUT2D eigenvalue weighted by Gasteiger charge is -2.14. The Hall–Kier alpha value is -2.54. The van der Waals surface area contributed by atoms with E-state index in [1.54, 1.807) is 4.57 Å². The van der Waals surface area contributed by atoms with Gasteiger partial charge >= 0.3 is 0 Å². The normalized spacial score (nSPS) is 11.0. The summed E-state index contributed by atoms with van der Waals surface area (Å²) in [7, 11) is 0. The van der Waals surface area contributed by atoms with Crippen molar-refractivity contribution in [2.45, 2.75) is 26.3 Å². The molecule has 0 aliphatic rings. The number of non-ortho nitro benzene ring substituents is 1. The van der Waals surface area contributed by atoms with E-state index in [1.165, 1.54) is 18.2 Å². The quantitative estimate of drug-likeness (QED) is 0.476. The van der Waals surface area contributed by atoms with Gasteiger partial charge in [-0.25, -0.2) is 4.98 Å². The minimum atomic E-state index is -0.503. The minimum Gasteiger partial charge on any atom is -0.292 e. The molecular weight excluding hydrogens is 386 g/mol. The second-order valence-electron chi connectivity index (χ2n) is 5.72. The van der Waals surface area contributed by atoms with Crippen LogP contribution in [0.25, 0.3) is 10.9 Å². The highest BCUT2D eigenvalue weighted by Crippen LogP contribution is 2.20. The standard InChI is InChI=1S/C18H16BrN3O3/c1-2-5-17-20-16-9-8-13(22(24)25)10-14(16)18(23)21(17)11-12-6-3-4-7-15(12)19/h3-4,6-10H,2,5,11H2,1H3. The third kappa shape index (κ3) is 3.46. The Morgan fingerprint density at radius 3 is 2.68 bits per heavy atom. The maximum Gasteiger partial charge on any atom is 0.270 e. The van der Waals surface area contributed by atoms with Gasteiger partial charge in [-0.05, 0) is 24.1 Å². The summed E-state index contributed by atoms with van der Waals surface area (Å²) in [5.74, 6) is 0.685. The number of rotatable bonds is 5. The first-order chi connectivity index (χ1) is 12.0. The van der Waals surface area contributed by atoms with Crippen LogP contribution in [-0.2, 0) is 13.0 Å². The first kappa shape index (κ1) is 17.3. The van der Waals surface area contributed by atoms with E-state index in [0.717, 1.165) is 16.5 Å². The molecule has 1 aromatic heterocycles. The molecule has 7 heteroatoms. The van der Waals surface area contributed by atoms with Gasteiger partial charge in [0.15, 0.2) is 0 Å². The van der Waals surface area contributed by atoms with Gasteiger partial charge in [-0.2, -0.15) is 0 Å². The second kappa shape index (κ2) is 7.14. The van der Waals surface area contributed by atoms with Crippen LogP contribution in [-0.4, -0.2) is 14.5 Å². The van der Waals surface area contributed by atoms with Gasteiger partial charge in [0.25, 0.3) is 11.2 Å². The lowest BCUT2D eigenvalue weighted by molar-refractivity contribution is -0.384. The molecule has 0 atom stereocenters. The number of nitro groups is 1. The van der Waals surface area contributed by atoms with Gasteiger partial charge < -0.3 is 0 Å². The molecule has 0 spiro atoms. The first-order valence-corrected chi connectivity index (χ1v) is 8.72. The highest BCUT2D eigenvalue weighted by molar-refractivity contribution is 9.10. The van der Waals surface area contributed by atoms with Gasteiger partial charge in [-0.1, -0.05) is 41.1 Å². The van der Waals surface area contributed by atoms with Gasteiger partial charge in [0.2, 0.25) is 0 Å². The number of benzene rings is 2. The molecule has 0 saturated heterocycles. The Labute approximate surface area is 152 Å². The summed E-state index contributed by atoms with van der Waals surface area (Å²) in [6.45, 7) is 2.39. The molecule has 0 aliphatic heterocycles. The Bertz CT molecular complexity index is 1010. The van der Waals surface area contributed by atoms with E-state index in [9.17, 15) is 14.9 Å². The predicted molar refractivity (Wildman–Crippen MR) is 99.9 cm³/mol. The predicted octanol–water partition coefficient (Wildman–Crippen LogP) is 4.07. The zero-order chi connectivity index (χ0) is 18.0. The lowest BCUT2D eigenvalue weighted by atomic mass is 10.2. The van der Waals surface area contributed by atoms with Crippen molar-refractivity contribution in [1.29, 1.82) is 0 Å². The number of hydrogen-bond acceptors (Lipinski definition) is 4. The molecule has 3 aromatic rings. The number of aromatic nitrogens is 2. The summed E-state index contributed by atoms with van der Waals surface area (Å²) in [5, 5.41) is 11.3.